The van der Waals surface area contributed by atoms with Crippen molar-refractivity contribution in [3.05, 3.63) is 77.9 Å². The minimum atomic E-state index is -3.84. The average molecular weight is 463 g/mol. The van der Waals surface area contributed by atoms with E-state index in [4.69, 9.17) is 14.5 Å². The number of pyridine rings is 1. The third kappa shape index (κ3) is 4.00. The monoisotopic (exact) mass is 462 g/mol. The minimum absolute atomic E-state index is 0.210. The quantitative estimate of drug-likeness (QED) is 0.386. The van der Waals surface area contributed by atoms with Crippen molar-refractivity contribution in [2.75, 3.05) is 25.6 Å². The van der Waals surface area contributed by atoms with Gasteiger partial charge in [-0.1, -0.05) is 42.0 Å². The fourth-order valence-corrected chi connectivity index (χ4v) is 5.06. The van der Waals surface area contributed by atoms with E-state index in [-0.39, 0.29) is 4.90 Å². The van der Waals surface area contributed by atoms with Crippen LogP contribution in [-0.4, -0.2) is 34.7 Å². The Bertz CT molecular complexity index is 1430. The number of aryl methyl sites for hydroxylation is 2. The average Bonchev–Trinajstić information content (AvgIpc) is 2.83. The van der Waals surface area contributed by atoms with Crippen molar-refractivity contribution in [3.8, 4) is 22.6 Å². The van der Waals surface area contributed by atoms with Crippen LogP contribution in [0.4, 0.5) is 5.82 Å². The summed E-state index contributed by atoms with van der Waals surface area (Å²) in [5, 5.41) is 0.951. The molecule has 0 unspecified atom stereocenters. The fraction of sp³-hybridized carbons (Fsp3) is 0.192. The molecule has 0 amide bonds. The number of ether oxygens (including phenoxy) is 2. The van der Waals surface area contributed by atoms with Gasteiger partial charge < -0.3 is 9.47 Å². The zero-order valence-electron chi connectivity index (χ0n) is 19.3. The fourth-order valence-electron chi connectivity index (χ4n) is 3.91. The van der Waals surface area contributed by atoms with Gasteiger partial charge in [0.05, 0.1) is 24.6 Å². The van der Waals surface area contributed by atoms with Gasteiger partial charge >= 0.3 is 0 Å². The molecule has 0 saturated carbocycles. The third-order valence-electron chi connectivity index (χ3n) is 5.78. The first kappa shape index (κ1) is 22.6. The Hall–Kier alpha value is -3.58. The van der Waals surface area contributed by atoms with E-state index in [1.54, 1.807) is 44.6 Å². The molecule has 0 aliphatic heterocycles. The van der Waals surface area contributed by atoms with Crippen molar-refractivity contribution >= 4 is 26.7 Å². The Morgan fingerprint density at radius 3 is 2.18 bits per heavy atom. The Kier molecular flexibility index (Phi) is 5.99. The van der Waals surface area contributed by atoms with Crippen molar-refractivity contribution < 1.29 is 17.9 Å². The molecule has 6 nitrogen and oxygen atoms in total. The van der Waals surface area contributed by atoms with Crippen LogP contribution in [0, 0.1) is 13.8 Å². The zero-order chi connectivity index (χ0) is 23.8. The van der Waals surface area contributed by atoms with Crippen molar-refractivity contribution in [3.63, 3.8) is 0 Å². The van der Waals surface area contributed by atoms with Crippen molar-refractivity contribution in [1.29, 1.82) is 0 Å². The van der Waals surface area contributed by atoms with Gasteiger partial charge in [-0.3, -0.25) is 4.31 Å². The summed E-state index contributed by atoms with van der Waals surface area (Å²) >= 11 is 0. The van der Waals surface area contributed by atoms with Crippen LogP contribution < -0.4 is 13.8 Å². The van der Waals surface area contributed by atoms with Gasteiger partial charge in [-0.25, -0.2) is 13.4 Å². The van der Waals surface area contributed by atoms with Gasteiger partial charge in [-0.2, -0.15) is 0 Å². The van der Waals surface area contributed by atoms with Gasteiger partial charge in [-0.15, -0.1) is 0 Å². The number of para-hydroxylation sites is 1. The number of hydrogen-bond acceptors (Lipinski definition) is 5. The lowest BCUT2D eigenvalue weighted by atomic mass is 9.97. The van der Waals surface area contributed by atoms with E-state index in [2.05, 4.69) is 0 Å². The van der Waals surface area contributed by atoms with Crippen LogP contribution in [0.15, 0.2) is 71.6 Å². The molecule has 0 aliphatic rings. The highest BCUT2D eigenvalue weighted by atomic mass is 32.2. The van der Waals surface area contributed by atoms with E-state index < -0.39 is 10.0 Å². The first-order valence-electron chi connectivity index (χ1n) is 10.4. The molecular weight excluding hydrogens is 436 g/mol. The number of sulfonamides is 1. The second-order valence-electron chi connectivity index (χ2n) is 7.81. The molecule has 170 valence electrons. The van der Waals surface area contributed by atoms with Crippen LogP contribution in [0.5, 0.6) is 11.5 Å². The van der Waals surface area contributed by atoms with E-state index in [1.165, 1.54) is 11.4 Å². The number of fused-ring (bicyclic) bond motifs is 1. The topological polar surface area (TPSA) is 68.7 Å². The molecule has 0 saturated heterocycles. The molecule has 7 heteroatoms. The highest BCUT2D eigenvalue weighted by Crippen LogP contribution is 2.41. The molecular formula is C26H26N2O4S. The van der Waals surface area contributed by atoms with Crippen LogP contribution in [0.3, 0.4) is 0 Å². The van der Waals surface area contributed by atoms with Crippen LogP contribution in [-0.2, 0) is 10.0 Å². The number of anilines is 1. The number of benzene rings is 3. The predicted octanol–water partition coefficient (Wildman–Crippen LogP) is 5.36. The molecule has 1 aromatic heterocycles. The van der Waals surface area contributed by atoms with E-state index in [1.807, 2.05) is 50.2 Å². The lowest BCUT2D eigenvalue weighted by molar-refractivity contribution is 0.355. The van der Waals surface area contributed by atoms with Crippen LogP contribution >= 0.6 is 0 Å². The molecule has 3 aromatic carbocycles. The summed E-state index contributed by atoms with van der Waals surface area (Å²) in [7, 11) is 0.848. The summed E-state index contributed by atoms with van der Waals surface area (Å²) in [6.45, 7) is 3.90. The number of rotatable bonds is 6. The Labute approximate surface area is 194 Å². The summed E-state index contributed by atoms with van der Waals surface area (Å²) < 4.78 is 39.2. The van der Waals surface area contributed by atoms with E-state index in [0.717, 1.165) is 27.6 Å². The number of aromatic nitrogens is 1. The largest absolute Gasteiger partial charge is 0.493 e. The highest BCUT2D eigenvalue weighted by molar-refractivity contribution is 7.92. The SMILES string of the molecule is COc1ccc(-c2c(N(C)S(=O)(=O)c3ccc(C)cc3)nc3ccccc3c2C)cc1OC. The van der Waals surface area contributed by atoms with Gasteiger partial charge in [0, 0.05) is 18.0 Å². The zero-order valence-corrected chi connectivity index (χ0v) is 20.1. The van der Waals surface area contributed by atoms with Crippen molar-refractivity contribution in [1.82, 2.24) is 4.98 Å². The number of methoxy groups -OCH3 is 2. The van der Waals surface area contributed by atoms with Crippen molar-refractivity contribution in [2.45, 2.75) is 18.7 Å². The maximum absolute atomic E-state index is 13.5. The molecule has 0 N–H and O–H groups in total. The standard InChI is InChI=1S/C26H26N2O4S/c1-17-10-13-20(14-11-17)33(29,30)28(3)26-25(18(2)21-8-6-7-9-22(21)27-26)19-12-15-23(31-4)24(16-19)32-5/h6-16H,1-5H3. The lowest BCUT2D eigenvalue weighted by Crippen LogP contribution is -2.28. The maximum Gasteiger partial charge on any atom is 0.265 e. The summed E-state index contributed by atoms with van der Waals surface area (Å²) in [5.74, 6) is 1.49. The second kappa shape index (κ2) is 8.75. The van der Waals surface area contributed by atoms with E-state index in [9.17, 15) is 8.42 Å². The van der Waals surface area contributed by atoms with Gasteiger partial charge in [-0.05, 0) is 55.3 Å². The summed E-state index contributed by atoms with van der Waals surface area (Å²) in [5.41, 5.74) is 4.13. The van der Waals surface area contributed by atoms with Crippen LogP contribution in [0.2, 0.25) is 0 Å². The molecule has 0 aliphatic carbocycles. The molecule has 1 heterocycles. The highest BCUT2D eigenvalue weighted by Gasteiger charge is 2.27. The first-order chi connectivity index (χ1) is 15.8. The van der Waals surface area contributed by atoms with Crippen LogP contribution in [0.1, 0.15) is 11.1 Å². The van der Waals surface area contributed by atoms with E-state index >= 15 is 0 Å². The Morgan fingerprint density at radius 1 is 0.848 bits per heavy atom. The summed E-state index contributed by atoms with van der Waals surface area (Å²) in [4.78, 5) is 5.00. The molecule has 0 spiro atoms. The van der Waals surface area contributed by atoms with E-state index in [0.29, 0.717) is 22.9 Å². The second-order valence-corrected chi connectivity index (χ2v) is 9.78. The molecule has 33 heavy (non-hydrogen) atoms. The normalized spacial score (nSPS) is 11.4. The Morgan fingerprint density at radius 2 is 1.52 bits per heavy atom. The van der Waals surface area contributed by atoms with Gasteiger partial charge in [0.1, 0.15) is 0 Å². The first-order valence-corrected chi connectivity index (χ1v) is 11.9. The molecule has 0 atom stereocenters. The number of nitrogens with zero attached hydrogens (tertiary/aromatic N) is 2. The number of hydrogen-bond donors (Lipinski definition) is 0. The van der Waals surface area contributed by atoms with Crippen LogP contribution in [0.25, 0.3) is 22.0 Å². The summed E-state index contributed by atoms with van der Waals surface area (Å²) in [6, 6.07) is 20.0. The lowest BCUT2D eigenvalue weighted by Gasteiger charge is -2.24. The molecule has 0 radical (unpaired) electrons. The minimum Gasteiger partial charge on any atom is -0.493 e. The molecule has 4 aromatic rings. The van der Waals surface area contributed by atoms with Gasteiger partial charge in [0.25, 0.3) is 10.0 Å². The smallest absolute Gasteiger partial charge is 0.265 e. The molecule has 4 rings (SSSR count). The van der Waals surface area contributed by atoms with Crippen molar-refractivity contribution in [2.24, 2.45) is 0 Å². The summed E-state index contributed by atoms with van der Waals surface area (Å²) in [6.07, 6.45) is 0. The van der Waals surface area contributed by atoms with Gasteiger partial charge in [0.2, 0.25) is 0 Å². The predicted molar refractivity (Wildman–Crippen MR) is 132 cm³/mol. The molecule has 0 bridgehead atoms. The van der Waals surface area contributed by atoms with Gasteiger partial charge in [0.15, 0.2) is 17.3 Å². The Balaban J connectivity index is 1.99. The maximum atomic E-state index is 13.5. The third-order valence-corrected chi connectivity index (χ3v) is 7.54. The molecule has 0 fully saturated rings.